The van der Waals surface area contributed by atoms with E-state index in [1.165, 1.54) is 0 Å². The molecule has 1 aromatic rings. The van der Waals surface area contributed by atoms with Crippen molar-refractivity contribution >= 4 is 11.6 Å². The fourth-order valence-corrected chi connectivity index (χ4v) is 1.94. The topological polar surface area (TPSA) is 41.1 Å². The molecule has 98 valence electrons. The van der Waals surface area contributed by atoms with Crippen molar-refractivity contribution in [3.8, 4) is 0 Å². The Morgan fingerprint density at radius 2 is 2.06 bits per heavy atom. The van der Waals surface area contributed by atoms with Gasteiger partial charge in [-0.25, -0.2) is 0 Å². The Hall–Kier alpha value is -1.56. The first-order chi connectivity index (χ1) is 8.46. The lowest BCUT2D eigenvalue weighted by Crippen LogP contribution is -2.44. The molecule has 0 bridgehead atoms. The Bertz CT molecular complexity index is 445. The van der Waals surface area contributed by atoms with Crippen LogP contribution in [0, 0.1) is 0 Å². The normalized spacial score (nSPS) is 19.9. The van der Waals surface area contributed by atoms with Gasteiger partial charge in [-0.3, -0.25) is 10.1 Å². The molecule has 1 amide bonds. The number of halogens is 3. The number of nitrogens with one attached hydrogen (secondary N) is 2. The van der Waals surface area contributed by atoms with Crippen molar-refractivity contribution in [3.05, 3.63) is 29.8 Å². The zero-order chi connectivity index (χ0) is 13.2. The quantitative estimate of drug-likeness (QED) is 0.852. The van der Waals surface area contributed by atoms with Gasteiger partial charge in [0.15, 0.2) is 0 Å². The molecule has 1 unspecified atom stereocenters. The SMILES string of the molecule is O=C1Nc2ccccc2CCC1NCC(F)(F)F. The predicted molar refractivity (Wildman–Crippen MR) is 61.2 cm³/mol. The first-order valence-electron chi connectivity index (χ1n) is 5.64. The number of amides is 1. The van der Waals surface area contributed by atoms with E-state index in [0.29, 0.717) is 18.5 Å². The predicted octanol–water partition coefficient (Wildman–Crippen LogP) is 2.09. The van der Waals surface area contributed by atoms with Crippen LogP contribution >= 0.6 is 0 Å². The minimum absolute atomic E-state index is 0.360. The maximum absolute atomic E-state index is 12.1. The number of para-hydroxylation sites is 1. The van der Waals surface area contributed by atoms with Gasteiger partial charge in [-0.2, -0.15) is 13.2 Å². The van der Waals surface area contributed by atoms with E-state index in [1.807, 2.05) is 12.1 Å². The third kappa shape index (κ3) is 3.22. The second-order valence-electron chi connectivity index (χ2n) is 4.23. The molecule has 1 aliphatic rings. The van der Waals surface area contributed by atoms with Gasteiger partial charge in [-0.1, -0.05) is 18.2 Å². The molecule has 0 fully saturated rings. The number of carbonyl (C=O) groups is 1. The Kier molecular flexibility index (Phi) is 3.56. The maximum atomic E-state index is 12.1. The van der Waals surface area contributed by atoms with Crippen molar-refractivity contribution in [2.45, 2.75) is 25.1 Å². The highest BCUT2D eigenvalue weighted by Crippen LogP contribution is 2.22. The Balaban J connectivity index is 2.03. The molecule has 1 aromatic carbocycles. The molecule has 0 radical (unpaired) electrons. The summed E-state index contributed by atoms with van der Waals surface area (Å²) in [7, 11) is 0. The molecule has 0 spiro atoms. The molecule has 18 heavy (non-hydrogen) atoms. The number of carbonyl (C=O) groups excluding carboxylic acids is 1. The summed E-state index contributed by atoms with van der Waals surface area (Å²) >= 11 is 0. The van der Waals surface area contributed by atoms with Gasteiger partial charge >= 0.3 is 6.18 Å². The van der Waals surface area contributed by atoms with E-state index in [2.05, 4.69) is 10.6 Å². The first-order valence-corrected chi connectivity index (χ1v) is 5.64. The molecule has 1 atom stereocenters. The number of aryl methyl sites for hydroxylation is 1. The zero-order valence-corrected chi connectivity index (χ0v) is 9.55. The summed E-state index contributed by atoms with van der Waals surface area (Å²) in [5.74, 6) is -0.413. The number of rotatable bonds is 2. The molecule has 0 aliphatic carbocycles. The summed E-state index contributed by atoms with van der Waals surface area (Å²) < 4.78 is 36.3. The second kappa shape index (κ2) is 4.97. The lowest BCUT2D eigenvalue weighted by Gasteiger charge is -2.16. The van der Waals surface area contributed by atoms with Crippen molar-refractivity contribution in [1.29, 1.82) is 0 Å². The van der Waals surface area contributed by atoms with Crippen LogP contribution in [0.25, 0.3) is 0 Å². The number of hydrogen-bond donors (Lipinski definition) is 2. The molecule has 0 aromatic heterocycles. The fourth-order valence-electron chi connectivity index (χ4n) is 1.94. The van der Waals surface area contributed by atoms with Crippen molar-refractivity contribution in [2.24, 2.45) is 0 Å². The number of alkyl halides is 3. The molecule has 0 saturated carbocycles. The Labute approximate surface area is 102 Å². The van der Waals surface area contributed by atoms with E-state index in [9.17, 15) is 18.0 Å². The fraction of sp³-hybridized carbons (Fsp3) is 0.417. The molecule has 3 nitrogen and oxygen atoms in total. The van der Waals surface area contributed by atoms with Crippen LogP contribution in [-0.2, 0) is 11.2 Å². The average Bonchev–Trinajstić information content (AvgIpc) is 2.44. The van der Waals surface area contributed by atoms with E-state index in [1.54, 1.807) is 12.1 Å². The lowest BCUT2D eigenvalue weighted by molar-refractivity contribution is -0.130. The Morgan fingerprint density at radius 1 is 1.33 bits per heavy atom. The molecule has 0 saturated heterocycles. The van der Waals surface area contributed by atoms with Crippen molar-refractivity contribution < 1.29 is 18.0 Å². The van der Waals surface area contributed by atoms with E-state index < -0.39 is 24.7 Å². The Morgan fingerprint density at radius 3 is 2.78 bits per heavy atom. The van der Waals surface area contributed by atoms with Crippen molar-refractivity contribution in [1.82, 2.24) is 5.32 Å². The minimum atomic E-state index is -4.31. The van der Waals surface area contributed by atoms with E-state index in [0.717, 1.165) is 5.56 Å². The van der Waals surface area contributed by atoms with Gasteiger partial charge < -0.3 is 5.32 Å². The number of benzene rings is 1. The van der Waals surface area contributed by atoms with Gasteiger partial charge in [0.25, 0.3) is 0 Å². The largest absolute Gasteiger partial charge is 0.401 e. The molecule has 1 aliphatic heterocycles. The van der Waals surface area contributed by atoms with Gasteiger partial charge in [0.1, 0.15) is 0 Å². The molecule has 2 rings (SSSR count). The smallest absolute Gasteiger partial charge is 0.324 e. The standard InChI is InChI=1S/C12H13F3N2O/c13-12(14,15)7-16-10-6-5-8-3-1-2-4-9(8)17-11(10)18/h1-4,10,16H,5-7H2,(H,17,18). The van der Waals surface area contributed by atoms with Gasteiger partial charge in [-0.15, -0.1) is 0 Å². The maximum Gasteiger partial charge on any atom is 0.401 e. The number of hydrogen-bond acceptors (Lipinski definition) is 2. The van der Waals surface area contributed by atoms with Gasteiger partial charge in [0, 0.05) is 5.69 Å². The first kappa shape index (κ1) is 12.9. The van der Waals surface area contributed by atoms with Gasteiger partial charge in [0.2, 0.25) is 5.91 Å². The number of anilines is 1. The molecular formula is C12H13F3N2O. The van der Waals surface area contributed by atoms with Crippen LogP contribution in [0.1, 0.15) is 12.0 Å². The molecule has 2 N–H and O–H groups in total. The van der Waals surface area contributed by atoms with Gasteiger partial charge in [-0.05, 0) is 24.5 Å². The third-order valence-electron chi connectivity index (χ3n) is 2.84. The van der Waals surface area contributed by atoms with Crippen LogP contribution in [0.3, 0.4) is 0 Å². The second-order valence-corrected chi connectivity index (χ2v) is 4.23. The molecule has 6 heteroatoms. The minimum Gasteiger partial charge on any atom is -0.324 e. The van der Waals surface area contributed by atoms with Crippen LogP contribution in [-0.4, -0.2) is 24.7 Å². The summed E-state index contributed by atoms with van der Waals surface area (Å²) in [5, 5.41) is 4.89. The van der Waals surface area contributed by atoms with E-state index >= 15 is 0 Å². The van der Waals surface area contributed by atoms with E-state index in [-0.39, 0.29) is 0 Å². The van der Waals surface area contributed by atoms with Crippen LogP contribution in [0.4, 0.5) is 18.9 Å². The summed E-state index contributed by atoms with van der Waals surface area (Å²) in [6.45, 7) is -1.15. The monoisotopic (exact) mass is 258 g/mol. The van der Waals surface area contributed by atoms with Crippen LogP contribution in [0.5, 0.6) is 0 Å². The lowest BCUT2D eigenvalue weighted by atomic mass is 10.1. The molecule has 1 heterocycles. The van der Waals surface area contributed by atoms with Crippen molar-refractivity contribution in [3.63, 3.8) is 0 Å². The zero-order valence-electron chi connectivity index (χ0n) is 9.55. The summed E-state index contributed by atoms with van der Waals surface area (Å²) in [6.07, 6.45) is -3.37. The van der Waals surface area contributed by atoms with E-state index in [4.69, 9.17) is 0 Å². The summed E-state index contributed by atoms with van der Waals surface area (Å²) in [4.78, 5) is 11.8. The molecular weight excluding hydrogens is 245 g/mol. The highest BCUT2D eigenvalue weighted by molar-refractivity contribution is 5.96. The number of fused-ring (bicyclic) bond motifs is 1. The highest BCUT2D eigenvalue weighted by atomic mass is 19.4. The van der Waals surface area contributed by atoms with Crippen molar-refractivity contribution in [2.75, 3.05) is 11.9 Å². The van der Waals surface area contributed by atoms with Crippen LogP contribution in [0.15, 0.2) is 24.3 Å². The highest BCUT2D eigenvalue weighted by Gasteiger charge is 2.31. The summed E-state index contributed by atoms with van der Waals surface area (Å²) in [6, 6.07) is 6.43. The van der Waals surface area contributed by atoms with Gasteiger partial charge in [0.05, 0.1) is 12.6 Å². The van der Waals surface area contributed by atoms with Crippen LogP contribution < -0.4 is 10.6 Å². The third-order valence-corrected chi connectivity index (χ3v) is 2.84. The summed E-state index contributed by atoms with van der Waals surface area (Å²) in [5.41, 5.74) is 1.63. The van der Waals surface area contributed by atoms with Crippen LogP contribution in [0.2, 0.25) is 0 Å². The average molecular weight is 258 g/mol.